The molecule has 4 rings (SSSR count). The Morgan fingerprint density at radius 3 is 2.59 bits per heavy atom. The van der Waals surface area contributed by atoms with Crippen LogP contribution >= 0.6 is 23.2 Å². The molecule has 0 unspecified atom stereocenters. The molecule has 0 fully saturated rings. The van der Waals surface area contributed by atoms with E-state index in [0.29, 0.717) is 46.8 Å². The zero-order chi connectivity index (χ0) is 19.0. The van der Waals surface area contributed by atoms with Crippen LogP contribution in [0.15, 0.2) is 30.9 Å². The molecule has 27 heavy (non-hydrogen) atoms. The first-order valence-corrected chi connectivity index (χ1v) is 8.83. The Morgan fingerprint density at radius 2 is 1.85 bits per heavy atom. The van der Waals surface area contributed by atoms with Crippen molar-refractivity contribution < 1.29 is 9.53 Å². The zero-order valence-corrected chi connectivity index (χ0v) is 15.8. The SMILES string of the molecule is COc1ncc(Cl)cc1-c1cn2c(n1)CN(C(=O)c1ncc(Cl)cn1)CC2. The van der Waals surface area contributed by atoms with Gasteiger partial charge in [0.05, 0.1) is 35.0 Å². The molecule has 0 aromatic carbocycles. The Hall–Kier alpha value is -2.71. The highest BCUT2D eigenvalue weighted by Crippen LogP contribution is 2.30. The maximum Gasteiger partial charge on any atom is 0.292 e. The predicted octanol–water partition coefficient (Wildman–Crippen LogP) is 2.71. The van der Waals surface area contributed by atoms with Gasteiger partial charge in [-0.15, -0.1) is 0 Å². The number of rotatable bonds is 3. The van der Waals surface area contributed by atoms with Crippen LogP contribution in [0.25, 0.3) is 11.3 Å². The van der Waals surface area contributed by atoms with E-state index in [-0.39, 0.29) is 11.7 Å². The average molecular weight is 405 g/mol. The van der Waals surface area contributed by atoms with Gasteiger partial charge in [-0.25, -0.2) is 19.9 Å². The van der Waals surface area contributed by atoms with Gasteiger partial charge in [0, 0.05) is 37.9 Å². The fourth-order valence-corrected chi connectivity index (χ4v) is 3.15. The van der Waals surface area contributed by atoms with Gasteiger partial charge in [0.1, 0.15) is 5.82 Å². The van der Waals surface area contributed by atoms with Gasteiger partial charge < -0.3 is 14.2 Å². The van der Waals surface area contributed by atoms with E-state index in [0.717, 1.165) is 5.82 Å². The quantitative estimate of drug-likeness (QED) is 0.666. The summed E-state index contributed by atoms with van der Waals surface area (Å²) in [5.41, 5.74) is 1.39. The van der Waals surface area contributed by atoms with Gasteiger partial charge in [-0.05, 0) is 6.07 Å². The number of carbonyl (C=O) groups is 1. The highest BCUT2D eigenvalue weighted by Gasteiger charge is 2.26. The van der Waals surface area contributed by atoms with Crippen LogP contribution in [0, 0.1) is 0 Å². The molecule has 0 spiro atoms. The molecular weight excluding hydrogens is 391 g/mol. The van der Waals surface area contributed by atoms with Gasteiger partial charge in [-0.2, -0.15) is 0 Å². The van der Waals surface area contributed by atoms with Crippen molar-refractivity contribution >= 4 is 29.1 Å². The summed E-state index contributed by atoms with van der Waals surface area (Å²) in [6.45, 7) is 1.48. The van der Waals surface area contributed by atoms with Gasteiger partial charge in [-0.1, -0.05) is 23.2 Å². The summed E-state index contributed by atoms with van der Waals surface area (Å²) in [5, 5.41) is 0.878. The summed E-state index contributed by atoms with van der Waals surface area (Å²) in [6, 6.07) is 1.76. The van der Waals surface area contributed by atoms with Crippen LogP contribution in [0.3, 0.4) is 0 Å². The maximum atomic E-state index is 12.6. The minimum atomic E-state index is -0.260. The monoisotopic (exact) mass is 404 g/mol. The second-order valence-corrected chi connectivity index (χ2v) is 6.77. The Kier molecular flexibility index (Phi) is 4.67. The van der Waals surface area contributed by atoms with Crippen LogP contribution in [0.5, 0.6) is 5.88 Å². The van der Waals surface area contributed by atoms with Crippen molar-refractivity contribution in [2.75, 3.05) is 13.7 Å². The topological polar surface area (TPSA) is 86.0 Å². The maximum absolute atomic E-state index is 12.6. The van der Waals surface area contributed by atoms with Crippen molar-refractivity contribution in [1.82, 2.24) is 29.4 Å². The lowest BCUT2D eigenvalue weighted by molar-refractivity contribution is 0.0695. The number of hydrogen-bond acceptors (Lipinski definition) is 6. The third-order valence-corrected chi connectivity index (χ3v) is 4.59. The van der Waals surface area contributed by atoms with Crippen LogP contribution in [0.4, 0.5) is 0 Å². The molecule has 0 saturated heterocycles. The molecule has 10 heteroatoms. The van der Waals surface area contributed by atoms with Crippen LogP contribution < -0.4 is 4.74 Å². The van der Waals surface area contributed by atoms with Crippen molar-refractivity contribution in [3.05, 3.63) is 52.5 Å². The van der Waals surface area contributed by atoms with E-state index >= 15 is 0 Å². The molecular formula is C17H14Cl2N6O2. The van der Waals surface area contributed by atoms with Crippen LogP contribution in [-0.2, 0) is 13.1 Å². The third-order valence-electron chi connectivity index (χ3n) is 4.19. The van der Waals surface area contributed by atoms with E-state index in [1.54, 1.807) is 18.1 Å². The van der Waals surface area contributed by atoms with E-state index < -0.39 is 0 Å². The van der Waals surface area contributed by atoms with E-state index in [1.807, 2.05) is 10.8 Å². The summed E-state index contributed by atoms with van der Waals surface area (Å²) in [6.07, 6.45) is 6.24. The molecule has 4 heterocycles. The molecule has 1 amide bonds. The van der Waals surface area contributed by atoms with Crippen LogP contribution in [0.2, 0.25) is 10.0 Å². The van der Waals surface area contributed by atoms with Gasteiger partial charge in [0.2, 0.25) is 11.7 Å². The predicted molar refractivity (Wildman–Crippen MR) is 98.8 cm³/mol. The second-order valence-electron chi connectivity index (χ2n) is 5.90. The number of fused-ring (bicyclic) bond motifs is 1. The lowest BCUT2D eigenvalue weighted by Crippen LogP contribution is -2.39. The number of hydrogen-bond donors (Lipinski definition) is 0. The fourth-order valence-electron chi connectivity index (χ4n) is 2.89. The van der Waals surface area contributed by atoms with E-state index in [1.165, 1.54) is 18.6 Å². The number of halogens is 2. The van der Waals surface area contributed by atoms with Gasteiger partial charge in [0.25, 0.3) is 5.91 Å². The number of imidazole rings is 1. The summed E-state index contributed by atoms with van der Waals surface area (Å²) in [5.74, 6) is 1.04. The van der Waals surface area contributed by atoms with E-state index in [4.69, 9.17) is 27.9 Å². The third kappa shape index (κ3) is 3.45. The molecule has 1 aliphatic heterocycles. The molecule has 3 aromatic heterocycles. The van der Waals surface area contributed by atoms with Crippen LogP contribution in [-0.4, -0.2) is 49.0 Å². The van der Waals surface area contributed by atoms with Crippen molar-refractivity contribution in [1.29, 1.82) is 0 Å². The number of carbonyl (C=O) groups excluding carboxylic acids is 1. The number of ether oxygens (including phenoxy) is 1. The number of methoxy groups -OCH3 is 1. The molecule has 8 nitrogen and oxygen atoms in total. The largest absolute Gasteiger partial charge is 0.481 e. The minimum absolute atomic E-state index is 0.111. The van der Waals surface area contributed by atoms with Gasteiger partial charge >= 0.3 is 0 Å². The molecule has 138 valence electrons. The first-order chi connectivity index (χ1) is 13.0. The first kappa shape index (κ1) is 17.7. The number of amides is 1. The summed E-state index contributed by atoms with van der Waals surface area (Å²) < 4.78 is 7.30. The first-order valence-electron chi connectivity index (χ1n) is 8.08. The highest BCUT2D eigenvalue weighted by atomic mass is 35.5. The van der Waals surface area contributed by atoms with Gasteiger partial charge in [-0.3, -0.25) is 4.79 Å². The standard InChI is InChI=1S/C17H14Cl2N6O2/c1-27-16-12(4-10(18)5-22-16)13-8-24-2-3-25(9-14(24)23-13)17(26)15-20-6-11(19)7-21-15/h4-8H,2-3,9H2,1H3. The molecule has 0 radical (unpaired) electrons. The second kappa shape index (κ2) is 7.13. The fraction of sp³-hybridized carbons (Fsp3) is 0.235. The molecule has 0 aliphatic carbocycles. The summed E-state index contributed by atoms with van der Waals surface area (Å²) in [4.78, 5) is 31.1. The molecule has 3 aromatic rings. The summed E-state index contributed by atoms with van der Waals surface area (Å²) in [7, 11) is 1.54. The normalized spacial score (nSPS) is 13.4. The Balaban J connectivity index is 1.60. The number of nitrogens with zero attached hydrogens (tertiary/aromatic N) is 6. The Morgan fingerprint density at radius 1 is 1.11 bits per heavy atom. The number of pyridine rings is 1. The Bertz CT molecular complexity index is 1010. The van der Waals surface area contributed by atoms with Gasteiger partial charge in [0.15, 0.2) is 0 Å². The molecule has 1 aliphatic rings. The molecule has 0 N–H and O–H groups in total. The van der Waals surface area contributed by atoms with Crippen molar-refractivity contribution in [3.8, 4) is 17.1 Å². The minimum Gasteiger partial charge on any atom is -0.481 e. The number of aromatic nitrogens is 5. The highest BCUT2D eigenvalue weighted by molar-refractivity contribution is 6.30. The lowest BCUT2D eigenvalue weighted by atomic mass is 10.2. The molecule has 0 atom stereocenters. The van der Waals surface area contributed by atoms with Crippen molar-refractivity contribution in [2.24, 2.45) is 0 Å². The molecule has 0 saturated carbocycles. The van der Waals surface area contributed by atoms with Crippen LogP contribution in [0.1, 0.15) is 16.4 Å². The smallest absolute Gasteiger partial charge is 0.292 e. The average Bonchev–Trinajstić information content (AvgIpc) is 3.11. The van der Waals surface area contributed by atoms with Crippen molar-refractivity contribution in [3.63, 3.8) is 0 Å². The molecule has 0 bridgehead atoms. The lowest BCUT2D eigenvalue weighted by Gasteiger charge is -2.26. The van der Waals surface area contributed by atoms with E-state index in [2.05, 4.69) is 19.9 Å². The zero-order valence-electron chi connectivity index (χ0n) is 14.3. The van der Waals surface area contributed by atoms with E-state index in [9.17, 15) is 4.79 Å². The summed E-state index contributed by atoms with van der Waals surface area (Å²) >= 11 is 11.8. The van der Waals surface area contributed by atoms with Crippen molar-refractivity contribution in [2.45, 2.75) is 13.1 Å². The Labute approximate surface area is 164 Å².